The van der Waals surface area contributed by atoms with Crippen LogP contribution in [0.5, 0.6) is 0 Å². The van der Waals surface area contributed by atoms with Crippen molar-refractivity contribution in [2.45, 2.75) is 12.7 Å². The monoisotopic (exact) mass is 354 g/mol. The molecule has 0 aliphatic carbocycles. The normalized spacial score (nSPS) is 11.0. The van der Waals surface area contributed by atoms with E-state index in [2.05, 4.69) is 21.2 Å². The molecule has 0 spiro atoms. The van der Waals surface area contributed by atoms with Crippen LogP contribution in [0, 0.1) is 11.3 Å². The fourth-order valence-corrected chi connectivity index (χ4v) is 2.25. The molecule has 21 heavy (non-hydrogen) atoms. The van der Waals surface area contributed by atoms with Crippen molar-refractivity contribution in [3.63, 3.8) is 0 Å². The van der Waals surface area contributed by atoms with E-state index in [9.17, 15) is 13.2 Å². The van der Waals surface area contributed by atoms with Gasteiger partial charge in [-0.1, -0.05) is 34.1 Å². The lowest BCUT2D eigenvalue weighted by Gasteiger charge is -2.13. The molecule has 6 heteroatoms. The van der Waals surface area contributed by atoms with Crippen molar-refractivity contribution in [2.75, 3.05) is 5.32 Å². The summed E-state index contributed by atoms with van der Waals surface area (Å²) < 4.78 is 39.4. The minimum Gasteiger partial charge on any atom is -0.381 e. The number of halogens is 4. The van der Waals surface area contributed by atoms with E-state index in [4.69, 9.17) is 5.26 Å². The molecule has 0 heterocycles. The van der Waals surface area contributed by atoms with Crippen LogP contribution in [0.4, 0.5) is 18.9 Å². The Bertz CT molecular complexity index is 690. The van der Waals surface area contributed by atoms with Crippen LogP contribution < -0.4 is 5.32 Å². The molecule has 0 aliphatic heterocycles. The molecule has 2 rings (SSSR count). The van der Waals surface area contributed by atoms with Gasteiger partial charge in [-0.3, -0.25) is 0 Å². The number of nitrogens with zero attached hydrogens (tertiary/aromatic N) is 1. The third-order valence-corrected chi connectivity index (χ3v) is 3.66. The van der Waals surface area contributed by atoms with E-state index >= 15 is 0 Å². The van der Waals surface area contributed by atoms with Gasteiger partial charge in [-0.15, -0.1) is 0 Å². The summed E-state index contributed by atoms with van der Waals surface area (Å²) in [4.78, 5) is 0. The van der Waals surface area contributed by atoms with Gasteiger partial charge in [-0.05, 0) is 29.8 Å². The Morgan fingerprint density at radius 1 is 1.14 bits per heavy atom. The van der Waals surface area contributed by atoms with Crippen molar-refractivity contribution >= 4 is 21.6 Å². The highest BCUT2D eigenvalue weighted by atomic mass is 79.9. The van der Waals surface area contributed by atoms with Crippen LogP contribution in [0.15, 0.2) is 46.9 Å². The number of alkyl halides is 3. The third kappa shape index (κ3) is 3.76. The van der Waals surface area contributed by atoms with Crippen LogP contribution in [-0.2, 0) is 12.7 Å². The Hall–Kier alpha value is -2.00. The molecular weight excluding hydrogens is 345 g/mol. The van der Waals surface area contributed by atoms with Crippen LogP contribution in [0.1, 0.15) is 16.7 Å². The van der Waals surface area contributed by atoms with Gasteiger partial charge in [0.05, 0.1) is 17.2 Å². The fourth-order valence-electron chi connectivity index (χ4n) is 1.83. The molecule has 0 atom stereocenters. The van der Waals surface area contributed by atoms with Crippen LogP contribution in [0.2, 0.25) is 0 Å². The Balaban J connectivity index is 2.23. The molecule has 2 aromatic carbocycles. The molecule has 1 N–H and O–H groups in total. The molecule has 0 saturated carbocycles. The average molecular weight is 355 g/mol. The van der Waals surface area contributed by atoms with Gasteiger partial charge >= 0.3 is 6.18 Å². The summed E-state index contributed by atoms with van der Waals surface area (Å²) in [6, 6.07) is 12.6. The van der Waals surface area contributed by atoms with Gasteiger partial charge in [-0.25, -0.2) is 0 Å². The summed E-state index contributed by atoms with van der Waals surface area (Å²) in [6.07, 6.45) is -4.55. The van der Waals surface area contributed by atoms with E-state index in [1.54, 1.807) is 6.07 Å². The van der Waals surface area contributed by atoms with Crippen LogP contribution in [0.3, 0.4) is 0 Å². The predicted octanol–water partition coefficient (Wildman–Crippen LogP) is 4.95. The molecule has 0 aliphatic rings. The first-order valence-electron chi connectivity index (χ1n) is 6.00. The number of nitriles is 1. The zero-order valence-corrected chi connectivity index (χ0v) is 12.3. The number of anilines is 1. The van der Waals surface area contributed by atoms with Gasteiger partial charge in [-0.2, -0.15) is 18.4 Å². The van der Waals surface area contributed by atoms with Gasteiger partial charge in [0.25, 0.3) is 0 Å². The molecule has 0 bridgehead atoms. The predicted molar refractivity (Wildman–Crippen MR) is 77.6 cm³/mol. The van der Waals surface area contributed by atoms with Crippen LogP contribution in [0.25, 0.3) is 0 Å². The van der Waals surface area contributed by atoms with E-state index in [1.165, 1.54) is 12.1 Å². The third-order valence-electron chi connectivity index (χ3n) is 2.89. The molecule has 0 aromatic heterocycles. The molecule has 0 amide bonds. The van der Waals surface area contributed by atoms with Crippen molar-refractivity contribution in [2.24, 2.45) is 0 Å². The van der Waals surface area contributed by atoms with Crippen molar-refractivity contribution in [3.8, 4) is 6.07 Å². The zero-order chi connectivity index (χ0) is 15.5. The number of hydrogen-bond donors (Lipinski definition) is 1. The van der Waals surface area contributed by atoms with Crippen molar-refractivity contribution in [1.82, 2.24) is 0 Å². The number of benzene rings is 2. The van der Waals surface area contributed by atoms with Crippen LogP contribution >= 0.6 is 15.9 Å². The first-order chi connectivity index (χ1) is 9.91. The second kappa shape index (κ2) is 6.19. The Kier molecular flexibility index (Phi) is 4.53. The van der Waals surface area contributed by atoms with E-state index in [0.717, 1.165) is 16.1 Å². The summed E-state index contributed by atoms with van der Waals surface area (Å²) in [7, 11) is 0. The van der Waals surface area contributed by atoms with E-state index in [1.807, 2.05) is 24.3 Å². The SMILES string of the molecule is N#Cc1ccc(NCc2ccccc2Br)cc1C(F)(F)F. The highest BCUT2D eigenvalue weighted by Gasteiger charge is 2.33. The first kappa shape index (κ1) is 15.4. The minimum atomic E-state index is -4.55. The van der Waals surface area contributed by atoms with Gasteiger partial charge < -0.3 is 5.32 Å². The highest BCUT2D eigenvalue weighted by Crippen LogP contribution is 2.33. The maximum absolute atomic E-state index is 12.9. The Morgan fingerprint density at radius 3 is 2.48 bits per heavy atom. The Morgan fingerprint density at radius 2 is 1.86 bits per heavy atom. The summed E-state index contributed by atoms with van der Waals surface area (Å²) in [6.45, 7) is 0.380. The molecule has 108 valence electrons. The lowest BCUT2D eigenvalue weighted by Crippen LogP contribution is -2.09. The van der Waals surface area contributed by atoms with Gasteiger partial charge in [0.15, 0.2) is 0 Å². The smallest absolute Gasteiger partial charge is 0.381 e. The highest BCUT2D eigenvalue weighted by molar-refractivity contribution is 9.10. The quantitative estimate of drug-likeness (QED) is 0.846. The molecule has 0 saturated heterocycles. The molecule has 2 aromatic rings. The second-order valence-corrected chi connectivity index (χ2v) is 5.17. The van der Waals surface area contributed by atoms with Crippen molar-refractivity contribution in [1.29, 1.82) is 5.26 Å². The molecule has 2 nitrogen and oxygen atoms in total. The second-order valence-electron chi connectivity index (χ2n) is 4.31. The topological polar surface area (TPSA) is 35.8 Å². The molecule has 0 radical (unpaired) electrons. The number of hydrogen-bond acceptors (Lipinski definition) is 2. The molecular formula is C15H10BrF3N2. The van der Waals surface area contributed by atoms with E-state index < -0.39 is 11.7 Å². The number of nitrogens with one attached hydrogen (secondary N) is 1. The van der Waals surface area contributed by atoms with Crippen molar-refractivity contribution < 1.29 is 13.2 Å². The maximum Gasteiger partial charge on any atom is 0.417 e. The summed E-state index contributed by atoms with van der Waals surface area (Å²) in [5, 5.41) is 11.7. The fraction of sp³-hybridized carbons (Fsp3) is 0.133. The van der Waals surface area contributed by atoms with Gasteiger partial charge in [0.2, 0.25) is 0 Å². The van der Waals surface area contributed by atoms with Gasteiger partial charge in [0.1, 0.15) is 0 Å². The zero-order valence-electron chi connectivity index (χ0n) is 10.7. The van der Waals surface area contributed by atoms with Gasteiger partial charge in [0, 0.05) is 16.7 Å². The standard InChI is InChI=1S/C15H10BrF3N2/c16-14-4-2-1-3-11(14)9-21-12-6-5-10(8-20)13(7-12)15(17,18)19/h1-7,21H,9H2. The van der Waals surface area contributed by atoms with E-state index in [-0.39, 0.29) is 5.56 Å². The first-order valence-corrected chi connectivity index (χ1v) is 6.80. The Labute approximate surface area is 128 Å². The number of rotatable bonds is 3. The van der Waals surface area contributed by atoms with E-state index in [0.29, 0.717) is 12.2 Å². The van der Waals surface area contributed by atoms with Crippen LogP contribution in [-0.4, -0.2) is 0 Å². The largest absolute Gasteiger partial charge is 0.417 e. The lowest BCUT2D eigenvalue weighted by molar-refractivity contribution is -0.137. The summed E-state index contributed by atoms with van der Waals surface area (Å²) in [5.74, 6) is 0. The maximum atomic E-state index is 12.9. The van der Waals surface area contributed by atoms with Crippen molar-refractivity contribution in [3.05, 3.63) is 63.6 Å². The minimum absolute atomic E-state index is 0.317. The average Bonchev–Trinajstić information content (AvgIpc) is 2.45. The summed E-state index contributed by atoms with van der Waals surface area (Å²) >= 11 is 3.38. The summed E-state index contributed by atoms with van der Waals surface area (Å²) in [5.41, 5.74) is -0.0661. The lowest BCUT2D eigenvalue weighted by atomic mass is 10.1. The molecule has 0 fully saturated rings. The molecule has 0 unspecified atom stereocenters.